The van der Waals surface area contributed by atoms with Gasteiger partial charge in [-0.3, -0.25) is 0 Å². The first kappa shape index (κ1) is 21.2. The molecule has 2 aromatic rings. The van der Waals surface area contributed by atoms with Gasteiger partial charge >= 0.3 is 0 Å². The summed E-state index contributed by atoms with van der Waals surface area (Å²) in [5, 5.41) is 17.6. The molecule has 1 aliphatic heterocycles. The Kier molecular flexibility index (Phi) is 7.00. The summed E-state index contributed by atoms with van der Waals surface area (Å²) in [5.74, 6) is 1.68. The Hall–Kier alpha value is -1.99. The number of ether oxygens (including phenoxy) is 1. The number of aliphatic hydroxyl groups excluding tert-OH is 1. The molecule has 0 amide bonds. The summed E-state index contributed by atoms with van der Waals surface area (Å²) in [6.45, 7) is 6.31. The molecule has 7 heteroatoms. The normalized spacial score (nSPS) is 24.0. The van der Waals surface area contributed by atoms with E-state index in [-0.39, 0.29) is 12.2 Å². The van der Waals surface area contributed by atoms with Gasteiger partial charge in [-0.05, 0) is 70.9 Å². The Morgan fingerprint density at radius 2 is 1.90 bits per heavy atom. The summed E-state index contributed by atoms with van der Waals surface area (Å²) in [4.78, 5) is 14.2. The van der Waals surface area contributed by atoms with Crippen LogP contribution < -0.4 is 15.4 Å². The summed E-state index contributed by atoms with van der Waals surface area (Å²) < 4.78 is 6.30. The largest absolute Gasteiger partial charge is 0.474 e. The number of anilines is 1. The van der Waals surface area contributed by atoms with Gasteiger partial charge < -0.3 is 20.5 Å². The first-order valence-corrected chi connectivity index (χ1v) is 11.6. The number of aliphatic hydroxyl groups is 1. The van der Waals surface area contributed by atoms with Crippen molar-refractivity contribution in [2.24, 2.45) is 0 Å². The number of piperidine rings is 1. The lowest BCUT2D eigenvalue weighted by molar-refractivity contribution is 0.122. The molecule has 30 heavy (non-hydrogen) atoms. The van der Waals surface area contributed by atoms with Crippen LogP contribution in [0.15, 0.2) is 12.4 Å². The van der Waals surface area contributed by atoms with Crippen molar-refractivity contribution in [1.82, 2.24) is 20.3 Å². The average Bonchev–Trinajstić information content (AvgIpc) is 2.75. The van der Waals surface area contributed by atoms with Crippen LogP contribution in [0.25, 0.3) is 10.9 Å². The van der Waals surface area contributed by atoms with Gasteiger partial charge in [0.05, 0.1) is 17.0 Å². The van der Waals surface area contributed by atoms with Gasteiger partial charge in [0.1, 0.15) is 6.10 Å². The van der Waals surface area contributed by atoms with E-state index in [1.54, 1.807) is 0 Å². The van der Waals surface area contributed by atoms with Crippen LogP contribution in [0.4, 0.5) is 5.95 Å². The minimum atomic E-state index is -0.176. The molecule has 3 N–H and O–H groups in total. The van der Waals surface area contributed by atoms with Gasteiger partial charge in [0.15, 0.2) is 0 Å². The maximum Gasteiger partial charge on any atom is 0.224 e. The SMILES string of the molecule is CCC[C@@H](C)Nc1ncc2c(OC3CCNCC3)ncc([C@H]3CC[C@H](O)CC3)c2n1. The Morgan fingerprint density at radius 1 is 1.13 bits per heavy atom. The highest BCUT2D eigenvalue weighted by atomic mass is 16.5. The van der Waals surface area contributed by atoms with E-state index >= 15 is 0 Å². The number of aromatic nitrogens is 3. The molecule has 2 fully saturated rings. The van der Waals surface area contributed by atoms with Crippen LogP contribution in [0.2, 0.25) is 0 Å². The number of nitrogens with one attached hydrogen (secondary N) is 2. The fraction of sp³-hybridized carbons (Fsp3) is 0.696. The highest BCUT2D eigenvalue weighted by Gasteiger charge is 2.25. The monoisotopic (exact) mass is 413 g/mol. The van der Waals surface area contributed by atoms with Crippen molar-refractivity contribution < 1.29 is 9.84 Å². The van der Waals surface area contributed by atoms with Crippen molar-refractivity contribution >= 4 is 16.9 Å². The molecule has 4 rings (SSSR count). The Labute approximate surface area is 179 Å². The number of pyridine rings is 1. The highest BCUT2D eigenvalue weighted by Crippen LogP contribution is 2.38. The molecule has 2 aliphatic rings. The minimum Gasteiger partial charge on any atom is -0.474 e. The van der Waals surface area contributed by atoms with Gasteiger partial charge in [0, 0.05) is 24.0 Å². The number of hydrogen-bond donors (Lipinski definition) is 3. The smallest absolute Gasteiger partial charge is 0.224 e. The predicted molar refractivity (Wildman–Crippen MR) is 119 cm³/mol. The zero-order valence-corrected chi connectivity index (χ0v) is 18.2. The second-order valence-electron chi connectivity index (χ2n) is 8.88. The average molecular weight is 414 g/mol. The van der Waals surface area contributed by atoms with Crippen LogP contribution in [0.1, 0.15) is 76.7 Å². The van der Waals surface area contributed by atoms with E-state index in [2.05, 4.69) is 29.5 Å². The van der Waals surface area contributed by atoms with Crippen molar-refractivity contribution in [2.75, 3.05) is 18.4 Å². The van der Waals surface area contributed by atoms with E-state index in [1.807, 2.05) is 12.4 Å². The first-order chi connectivity index (χ1) is 14.6. The summed E-state index contributed by atoms with van der Waals surface area (Å²) in [6, 6.07) is 0.327. The van der Waals surface area contributed by atoms with E-state index < -0.39 is 0 Å². The van der Waals surface area contributed by atoms with Crippen LogP contribution in [0.3, 0.4) is 0 Å². The maximum absolute atomic E-state index is 9.93. The van der Waals surface area contributed by atoms with Crippen molar-refractivity contribution in [3.8, 4) is 5.88 Å². The van der Waals surface area contributed by atoms with Crippen molar-refractivity contribution in [3.63, 3.8) is 0 Å². The van der Waals surface area contributed by atoms with Crippen LogP contribution in [-0.2, 0) is 0 Å². The number of fused-ring (bicyclic) bond motifs is 1. The zero-order chi connectivity index (χ0) is 20.9. The second-order valence-corrected chi connectivity index (χ2v) is 8.88. The van der Waals surface area contributed by atoms with Gasteiger partial charge in [0.2, 0.25) is 11.8 Å². The summed E-state index contributed by atoms with van der Waals surface area (Å²) in [7, 11) is 0. The molecule has 1 atom stereocenters. The number of rotatable bonds is 7. The molecule has 1 saturated heterocycles. The molecule has 0 radical (unpaired) electrons. The lowest BCUT2D eigenvalue weighted by Crippen LogP contribution is -2.34. The lowest BCUT2D eigenvalue weighted by Gasteiger charge is -2.27. The highest BCUT2D eigenvalue weighted by molar-refractivity contribution is 5.86. The number of nitrogens with zero attached hydrogens (tertiary/aromatic N) is 3. The van der Waals surface area contributed by atoms with Crippen LogP contribution >= 0.6 is 0 Å². The molecule has 0 unspecified atom stereocenters. The molecule has 1 saturated carbocycles. The summed E-state index contributed by atoms with van der Waals surface area (Å²) >= 11 is 0. The van der Waals surface area contributed by atoms with E-state index in [1.165, 1.54) is 0 Å². The van der Waals surface area contributed by atoms with E-state index in [0.29, 0.717) is 23.8 Å². The third kappa shape index (κ3) is 5.01. The molecule has 164 valence electrons. The van der Waals surface area contributed by atoms with E-state index in [0.717, 1.165) is 80.9 Å². The molecule has 3 heterocycles. The Morgan fingerprint density at radius 3 is 2.63 bits per heavy atom. The van der Waals surface area contributed by atoms with Gasteiger partial charge in [-0.15, -0.1) is 0 Å². The minimum absolute atomic E-state index is 0.176. The predicted octanol–water partition coefficient (Wildman–Crippen LogP) is 3.77. The van der Waals surface area contributed by atoms with Crippen molar-refractivity contribution in [2.45, 2.75) is 89.4 Å². The van der Waals surface area contributed by atoms with Gasteiger partial charge in [0.25, 0.3) is 0 Å². The summed E-state index contributed by atoms with van der Waals surface area (Å²) in [6.07, 6.45) is 11.6. The van der Waals surface area contributed by atoms with Crippen LogP contribution in [0, 0.1) is 0 Å². The molecule has 0 bridgehead atoms. The van der Waals surface area contributed by atoms with Gasteiger partial charge in [-0.2, -0.15) is 0 Å². The molecule has 0 spiro atoms. The van der Waals surface area contributed by atoms with E-state index in [4.69, 9.17) is 14.7 Å². The second kappa shape index (κ2) is 9.88. The zero-order valence-electron chi connectivity index (χ0n) is 18.2. The third-order valence-corrected chi connectivity index (χ3v) is 6.41. The molecule has 0 aromatic carbocycles. The van der Waals surface area contributed by atoms with Gasteiger partial charge in [-0.25, -0.2) is 15.0 Å². The van der Waals surface area contributed by atoms with Crippen molar-refractivity contribution in [3.05, 3.63) is 18.0 Å². The third-order valence-electron chi connectivity index (χ3n) is 6.41. The topological polar surface area (TPSA) is 92.2 Å². The summed E-state index contributed by atoms with van der Waals surface area (Å²) in [5.41, 5.74) is 2.10. The van der Waals surface area contributed by atoms with Crippen molar-refractivity contribution in [1.29, 1.82) is 0 Å². The van der Waals surface area contributed by atoms with Crippen LogP contribution in [0.5, 0.6) is 5.88 Å². The van der Waals surface area contributed by atoms with Gasteiger partial charge in [-0.1, -0.05) is 13.3 Å². The standard InChI is InChI=1S/C23H35N5O2/c1-3-4-15(2)27-23-26-14-20-21(28-23)19(16-5-7-17(29)8-6-16)13-25-22(20)30-18-9-11-24-12-10-18/h13-18,24,29H,3-12H2,1-2H3,(H,26,27,28)/t15-,16-,17-/m1/s1. The number of hydrogen-bond acceptors (Lipinski definition) is 7. The molecule has 1 aliphatic carbocycles. The molecular formula is C23H35N5O2. The first-order valence-electron chi connectivity index (χ1n) is 11.6. The quantitative estimate of drug-likeness (QED) is 0.636. The Bertz CT molecular complexity index is 832. The Balaban J connectivity index is 1.67. The molecular weight excluding hydrogens is 378 g/mol. The maximum atomic E-state index is 9.93. The van der Waals surface area contributed by atoms with E-state index in [9.17, 15) is 5.11 Å². The van der Waals surface area contributed by atoms with Crippen LogP contribution in [-0.4, -0.2) is 51.4 Å². The molecule has 7 nitrogen and oxygen atoms in total. The fourth-order valence-corrected chi connectivity index (χ4v) is 4.66. The lowest BCUT2D eigenvalue weighted by atomic mass is 9.83. The molecule has 2 aromatic heterocycles. The fourth-order valence-electron chi connectivity index (χ4n) is 4.66.